The fraction of sp³-hybridized carbons (Fsp3) is 0.429. The molecule has 102 valence electrons. The van der Waals surface area contributed by atoms with E-state index in [0.717, 1.165) is 17.4 Å². The Kier molecular flexibility index (Phi) is 4.16. The smallest absolute Gasteiger partial charge is 0.272 e. The lowest BCUT2D eigenvalue weighted by Gasteiger charge is -2.08. The zero-order valence-corrected chi connectivity index (χ0v) is 11.6. The van der Waals surface area contributed by atoms with Gasteiger partial charge in [0.2, 0.25) is 0 Å². The Bertz CT molecular complexity index is 574. The van der Waals surface area contributed by atoms with Gasteiger partial charge in [0.05, 0.1) is 5.52 Å². The van der Waals surface area contributed by atoms with Crippen molar-refractivity contribution in [2.24, 2.45) is 7.05 Å². The summed E-state index contributed by atoms with van der Waals surface area (Å²) in [6.07, 6.45) is 0. The highest BCUT2D eigenvalue weighted by Crippen LogP contribution is 2.16. The molecule has 2 aromatic rings. The standard InChI is InChI=1S/C14H20N4O/c1-10(2)15-8-9-16-14(19)13-11-6-4-5-7-12(11)18(3)17-13/h4-7,10,15H,8-9H2,1-3H3,(H,16,19). The number of rotatable bonds is 5. The van der Waals surface area contributed by atoms with E-state index in [1.807, 2.05) is 31.3 Å². The molecular weight excluding hydrogens is 240 g/mol. The summed E-state index contributed by atoms with van der Waals surface area (Å²) in [4.78, 5) is 12.1. The van der Waals surface area contributed by atoms with Crippen LogP contribution in [0.4, 0.5) is 0 Å². The molecule has 1 amide bonds. The fourth-order valence-corrected chi connectivity index (χ4v) is 2.00. The number of carbonyl (C=O) groups is 1. The molecular formula is C14H20N4O. The Balaban J connectivity index is 2.05. The molecule has 0 saturated heterocycles. The molecule has 1 heterocycles. The minimum absolute atomic E-state index is 0.123. The Labute approximate surface area is 113 Å². The highest BCUT2D eigenvalue weighted by molar-refractivity contribution is 6.04. The van der Waals surface area contributed by atoms with Gasteiger partial charge in [-0.1, -0.05) is 32.0 Å². The summed E-state index contributed by atoms with van der Waals surface area (Å²) in [6, 6.07) is 8.16. The molecule has 0 fully saturated rings. The van der Waals surface area contributed by atoms with Crippen LogP contribution in [0.25, 0.3) is 10.9 Å². The first-order valence-electron chi connectivity index (χ1n) is 6.53. The molecule has 0 aliphatic heterocycles. The topological polar surface area (TPSA) is 58.9 Å². The van der Waals surface area contributed by atoms with Gasteiger partial charge in [-0.3, -0.25) is 9.48 Å². The molecule has 5 nitrogen and oxygen atoms in total. The summed E-state index contributed by atoms with van der Waals surface area (Å²) in [7, 11) is 1.85. The molecule has 0 bridgehead atoms. The second-order valence-corrected chi connectivity index (χ2v) is 4.85. The van der Waals surface area contributed by atoms with Crippen LogP contribution in [0.5, 0.6) is 0 Å². The number of carbonyl (C=O) groups excluding carboxylic acids is 1. The molecule has 5 heteroatoms. The van der Waals surface area contributed by atoms with Gasteiger partial charge in [0.1, 0.15) is 0 Å². The number of amides is 1. The van der Waals surface area contributed by atoms with Gasteiger partial charge in [0, 0.05) is 31.6 Å². The molecule has 0 aliphatic carbocycles. The minimum atomic E-state index is -0.123. The lowest BCUT2D eigenvalue weighted by Crippen LogP contribution is -2.34. The lowest BCUT2D eigenvalue weighted by molar-refractivity contribution is 0.0949. The summed E-state index contributed by atoms with van der Waals surface area (Å²) in [5, 5.41) is 11.3. The summed E-state index contributed by atoms with van der Waals surface area (Å²) in [5.74, 6) is -0.123. The second-order valence-electron chi connectivity index (χ2n) is 4.85. The lowest BCUT2D eigenvalue weighted by atomic mass is 10.2. The maximum absolute atomic E-state index is 12.1. The van der Waals surface area contributed by atoms with Crippen molar-refractivity contribution in [2.45, 2.75) is 19.9 Å². The summed E-state index contributed by atoms with van der Waals surface area (Å²) in [5.41, 5.74) is 1.45. The normalized spacial score (nSPS) is 11.2. The van der Waals surface area contributed by atoms with E-state index >= 15 is 0 Å². The van der Waals surface area contributed by atoms with Crippen molar-refractivity contribution in [3.05, 3.63) is 30.0 Å². The number of aryl methyl sites for hydroxylation is 1. The van der Waals surface area contributed by atoms with E-state index in [1.165, 1.54) is 0 Å². The van der Waals surface area contributed by atoms with E-state index in [4.69, 9.17) is 0 Å². The van der Waals surface area contributed by atoms with Crippen LogP contribution in [0.15, 0.2) is 24.3 Å². The third-order valence-corrected chi connectivity index (χ3v) is 2.94. The van der Waals surface area contributed by atoms with Crippen LogP contribution >= 0.6 is 0 Å². The van der Waals surface area contributed by atoms with E-state index in [2.05, 4.69) is 29.6 Å². The molecule has 1 aromatic carbocycles. The molecule has 0 atom stereocenters. The van der Waals surface area contributed by atoms with Crippen molar-refractivity contribution in [2.75, 3.05) is 13.1 Å². The van der Waals surface area contributed by atoms with Crippen LogP contribution in [0.2, 0.25) is 0 Å². The van der Waals surface area contributed by atoms with Gasteiger partial charge in [-0.05, 0) is 6.07 Å². The number of fused-ring (bicyclic) bond motifs is 1. The average Bonchev–Trinajstić information content (AvgIpc) is 2.72. The molecule has 0 saturated carbocycles. The number of nitrogens with zero attached hydrogens (tertiary/aromatic N) is 2. The van der Waals surface area contributed by atoms with Crippen LogP contribution in [0.3, 0.4) is 0 Å². The second kappa shape index (κ2) is 5.84. The third kappa shape index (κ3) is 3.12. The molecule has 1 aromatic heterocycles. The van der Waals surface area contributed by atoms with Crippen molar-refractivity contribution in [3.63, 3.8) is 0 Å². The zero-order chi connectivity index (χ0) is 13.8. The van der Waals surface area contributed by atoms with E-state index < -0.39 is 0 Å². The van der Waals surface area contributed by atoms with E-state index in [1.54, 1.807) is 4.68 Å². The van der Waals surface area contributed by atoms with Crippen molar-refractivity contribution >= 4 is 16.8 Å². The monoisotopic (exact) mass is 260 g/mol. The number of hydrogen-bond acceptors (Lipinski definition) is 3. The van der Waals surface area contributed by atoms with E-state index in [9.17, 15) is 4.79 Å². The summed E-state index contributed by atoms with van der Waals surface area (Å²) >= 11 is 0. The minimum Gasteiger partial charge on any atom is -0.349 e. The van der Waals surface area contributed by atoms with Crippen LogP contribution in [-0.4, -0.2) is 34.8 Å². The first-order valence-corrected chi connectivity index (χ1v) is 6.53. The first kappa shape index (κ1) is 13.5. The van der Waals surface area contributed by atoms with Crippen molar-refractivity contribution < 1.29 is 4.79 Å². The van der Waals surface area contributed by atoms with Crippen LogP contribution in [-0.2, 0) is 7.05 Å². The van der Waals surface area contributed by atoms with Gasteiger partial charge in [0.25, 0.3) is 5.91 Å². The molecule has 2 N–H and O–H groups in total. The maximum Gasteiger partial charge on any atom is 0.272 e. The Hall–Kier alpha value is -1.88. The quantitative estimate of drug-likeness (QED) is 0.797. The molecule has 0 unspecified atom stereocenters. The van der Waals surface area contributed by atoms with Crippen LogP contribution in [0, 0.1) is 0 Å². The van der Waals surface area contributed by atoms with Crippen molar-refractivity contribution in [3.8, 4) is 0 Å². The molecule has 0 radical (unpaired) electrons. The SMILES string of the molecule is CC(C)NCCNC(=O)c1nn(C)c2ccccc12. The number of benzene rings is 1. The van der Waals surface area contributed by atoms with Crippen LogP contribution < -0.4 is 10.6 Å². The highest BCUT2D eigenvalue weighted by atomic mass is 16.1. The summed E-state index contributed by atoms with van der Waals surface area (Å²) in [6.45, 7) is 5.51. The third-order valence-electron chi connectivity index (χ3n) is 2.94. The number of aromatic nitrogens is 2. The molecule has 0 aliphatic rings. The van der Waals surface area contributed by atoms with Gasteiger partial charge in [-0.2, -0.15) is 5.10 Å². The number of nitrogens with one attached hydrogen (secondary N) is 2. The maximum atomic E-state index is 12.1. The fourth-order valence-electron chi connectivity index (χ4n) is 2.00. The van der Waals surface area contributed by atoms with Crippen molar-refractivity contribution in [1.82, 2.24) is 20.4 Å². The molecule has 0 spiro atoms. The number of hydrogen-bond donors (Lipinski definition) is 2. The van der Waals surface area contributed by atoms with Gasteiger partial charge >= 0.3 is 0 Å². The van der Waals surface area contributed by atoms with Gasteiger partial charge in [0.15, 0.2) is 5.69 Å². The Morgan fingerprint density at radius 2 is 2.05 bits per heavy atom. The van der Waals surface area contributed by atoms with Gasteiger partial charge in [-0.25, -0.2) is 0 Å². The first-order chi connectivity index (χ1) is 9.09. The zero-order valence-electron chi connectivity index (χ0n) is 11.6. The van der Waals surface area contributed by atoms with Crippen LogP contribution in [0.1, 0.15) is 24.3 Å². The predicted molar refractivity (Wildman–Crippen MR) is 76.2 cm³/mol. The van der Waals surface area contributed by atoms with Gasteiger partial charge < -0.3 is 10.6 Å². The van der Waals surface area contributed by atoms with Crippen molar-refractivity contribution in [1.29, 1.82) is 0 Å². The molecule has 2 rings (SSSR count). The molecule has 19 heavy (non-hydrogen) atoms. The number of para-hydroxylation sites is 1. The van der Waals surface area contributed by atoms with Gasteiger partial charge in [-0.15, -0.1) is 0 Å². The summed E-state index contributed by atoms with van der Waals surface area (Å²) < 4.78 is 1.73. The highest BCUT2D eigenvalue weighted by Gasteiger charge is 2.14. The van der Waals surface area contributed by atoms with E-state index in [-0.39, 0.29) is 5.91 Å². The Morgan fingerprint density at radius 1 is 1.32 bits per heavy atom. The largest absolute Gasteiger partial charge is 0.349 e. The predicted octanol–water partition coefficient (Wildman–Crippen LogP) is 1.30. The average molecular weight is 260 g/mol. The van der Waals surface area contributed by atoms with E-state index in [0.29, 0.717) is 18.3 Å². The Morgan fingerprint density at radius 3 is 2.79 bits per heavy atom.